The third-order valence-electron chi connectivity index (χ3n) is 3.57. The van der Waals surface area contributed by atoms with E-state index in [1.807, 2.05) is 0 Å². The number of nitrogens with one attached hydrogen (secondary N) is 1. The zero-order valence-corrected chi connectivity index (χ0v) is 15.0. The Kier molecular flexibility index (Phi) is 7.29. The molecule has 1 aromatic rings. The number of carbonyl (C=O) groups is 2. The molecule has 1 aromatic heterocycles. The second-order valence-corrected chi connectivity index (χ2v) is 5.98. The van der Waals surface area contributed by atoms with Crippen LogP contribution < -0.4 is 0 Å². The maximum Gasteiger partial charge on any atom is 0.340 e. The lowest BCUT2D eigenvalue weighted by Crippen LogP contribution is -2.37. The fourth-order valence-corrected chi connectivity index (χ4v) is 2.55. The molecule has 0 saturated heterocycles. The Balaban J connectivity index is 3.10. The fourth-order valence-electron chi connectivity index (χ4n) is 2.55. The number of hydrogen-bond donors (Lipinski definition) is 1. The van der Waals surface area contributed by atoms with Crippen molar-refractivity contribution in [3.05, 3.63) is 22.5 Å². The van der Waals surface area contributed by atoms with Crippen molar-refractivity contribution in [1.82, 2.24) is 9.88 Å². The first kappa shape index (κ1) is 19.2. The molecule has 0 aliphatic carbocycles. The van der Waals surface area contributed by atoms with Crippen molar-refractivity contribution < 1.29 is 19.1 Å². The highest BCUT2D eigenvalue weighted by atomic mass is 16.5. The van der Waals surface area contributed by atoms with Crippen LogP contribution in [0.1, 0.15) is 52.9 Å². The molecule has 1 N–H and O–H groups in total. The summed E-state index contributed by atoms with van der Waals surface area (Å²) in [5.74, 6) is -0.173. The van der Waals surface area contributed by atoms with Gasteiger partial charge in [0, 0.05) is 25.9 Å². The third-order valence-corrected chi connectivity index (χ3v) is 3.57. The molecule has 0 aromatic carbocycles. The second kappa shape index (κ2) is 8.72. The fraction of sp³-hybridized carbons (Fsp3) is 0.647. The second-order valence-electron chi connectivity index (χ2n) is 5.98. The molecule has 1 heterocycles. The lowest BCUT2D eigenvalue weighted by Gasteiger charge is -2.24. The summed E-state index contributed by atoms with van der Waals surface area (Å²) < 4.78 is 10.2. The van der Waals surface area contributed by atoms with Gasteiger partial charge in [0.25, 0.3) is 5.91 Å². The SMILES string of the molecule is CCOC(=O)c1c(C)[nH]c(C(=O)N(CCOC)CC(C)C)c1C. The molecule has 6 nitrogen and oxygen atoms in total. The standard InChI is InChI=1S/C17H28N2O4/c1-7-23-17(21)14-12(4)15(18-13(14)5)16(20)19(8-9-22-6)10-11(2)3/h11,18H,7-10H2,1-6H3. The smallest absolute Gasteiger partial charge is 0.340 e. The molecule has 0 bridgehead atoms. The quantitative estimate of drug-likeness (QED) is 0.746. The molecule has 0 fully saturated rings. The van der Waals surface area contributed by atoms with Crippen LogP contribution in [0.3, 0.4) is 0 Å². The Bertz CT molecular complexity index is 549. The molecule has 0 atom stereocenters. The van der Waals surface area contributed by atoms with Gasteiger partial charge < -0.3 is 19.4 Å². The minimum atomic E-state index is -0.398. The maximum absolute atomic E-state index is 12.8. The average molecular weight is 324 g/mol. The van der Waals surface area contributed by atoms with E-state index in [2.05, 4.69) is 18.8 Å². The van der Waals surface area contributed by atoms with E-state index in [-0.39, 0.29) is 5.91 Å². The van der Waals surface area contributed by atoms with E-state index in [1.165, 1.54) is 0 Å². The van der Waals surface area contributed by atoms with Crippen molar-refractivity contribution >= 4 is 11.9 Å². The van der Waals surface area contributed by atoms with Crippen LogP contribution in [0.25, 0.3) is 0 Å². The number of carbonyl (C=O) groups excluding carboxylic acids is 2. The Hall–Kier alpha value is -1.82. The average Bonchev–Trinajstić information content (AvgIpc) is 2.77. The predicted molar refractivity (Wildman–Crippen MR) is 88.8 cm³/mol. The van der Waals surface area contributed by atoms with Crippen LogP contribution in [0.15, 0.2) is 0 Å². The van der Waals surface area contributed by atoms with E-state index < -0.39 is 5.97 Å². The summed E-state index contributed by atoms with van der Waals surface area (Å²) in [4.78, 5) is 29.7. The first-order chi connectivity index (χ1) is 10.8. The summed E-state index contributed by atoms with van der Waals surface area (Å²) >= 11 is 0. The Morgan fingerprint density at radius 2 is 1.91 bits per heavy atom. The van der Waals surface area contributed by atoms with Crippen LogP contribution in [-0.4, -0.2) is 55.2 Å². The number of aryl methyl sites for hydroxylation is 1. The number of aromatic amines is 1. The Labute approximate surface area is 138 Å². The number of hydrogen-bond acceptors (Lipinski definition) is 4. The van der Waals surface area contributed by atoms with Gasteiger partial charge in [-0.2, -0.15) is 0 Å². The van der Waals surface area contributed by atoms with Crippen LogP contribution in [0.2, 0.25) is 0 Å². The summed E-state index contributed by atoms with van der Waals surface area (Å²) in [5.41, 5.74) is 2.19. The Morgan fingerprint density at radius 3 is 2.43 bits per heavy atom. The van der Waals surface area contributed by atoms with Gasteiger partial charge in [-0.1, -0.05) is 13.8 Å². The highest BCUT2D eigenvalue weighted by Crippen LogP contribution is 2.21. The number of esters is 1. The van der Waals surface area contributed by atoms with Crippen LogP contribution in [-0.2, 0) is 9.47 Å². The minimum absolute atomic E-state index is 0.119. The highest BCUT2D eigenvalue weighted by molar-refractivity contribution is 6.00. The van der Waals surface area contributed by atoms with E-state index in [9.17, 15) is 9.59 Å². The monoisotopic (exact) mass is 324 g/mol. The van der Waals surface area contributed by atoms with Crippen molar-refractivity contribution in [3.63, 3.8) is 0 Å². The van der Waals surface area contributed by atoms with Gasteiger partial charge in [0.1, 0.15) is 5.69 Å². The van der Waals surface area contributed by atoms with Gasteiger partial charge in [-0.3, -0.25) is 4.79 Å². The van der Waals surface area contributed by atoms with E-state index in [1.54, 1.807) is 32.8 Å². The van der Waals surface area contributed by atoms with Gasteiger partial charge in [0.2, 0.25) is 0 Å². The summed E-state index contributed by atoms with van der Waals surface area (Å²) in [6, 6.07) is 0. The predicted octanol–water partition coefficient (Wildman–Crippen LogP) is 2.55. The molecule has 0 aliphatic heterocycles. The number of nitrogens with zero attached hydrogens (tertiary/aromatic N) is 1. The van der Waals surface area contributed by atoms with E-state index in [0.29, 0.717) is 54.7 Å². The first-order valence-electron chi connectivity index (χ1n) is 7.97. The number of amides is 1. The van der Waals surface area contributed by atoms with Crippen LogP contribution in [0, 0.1) is 19.8 Å². The highest BCUT2D eigenvalue weighted by Gasteiger charge is 2.26. The van der Waals surface area contributed by atoms with Crippen LogP contribution in [0.5, 0.6) is 0 Å². The maximum atomic E-state index is 12.8. The molecule has 0 aliphatic rings. The Morgan fingerprint density at radius 1 is 1.26 bits per heavy atom. The molecular weight excluding hydrogens is 296 g/mol. The van der Waals surface area contributed by atoms with Crippen molar-refractivity contribution in [1.29, 1.82) is 0 Å². The van der Waals surface area contributed by atoms with Crippen molar-refractivity contribution in [2.45, 2.75) is 34.6 Å². The zero-order chi connectivity index (χ0) is 17.6. The summed E-state index contributed by atoms with van der Waals surface area (Å²) in [6.07, 6.45) is 0. The molecule has 0 unspecified atom stereocenters. The summed E-state index contributed by atoms with van der Waals surface area (Å²) in [5, 5.41) is 0. The molecular formula is C17H28N2O4. The van der Waals surface area contributed by atoms with Crippen molar-refractivity contribution in [3.8, 4) is 0 Å². The van der Waals surface area contributed by atoms with Crippen LogP contribution >= 0.6 is 0 Å². The molecule has 0 saturated carbocycles. The number of ether oxygens (including phenoxy) is 2. The number of aromatic nitrogens is 1. The molecule has 0 spiro atoms. The molecule has 1 amide bonds. The summed E-state index contributed by atoms with van der Waals surface area (Å²) in [7, 11) is 1.61. The molecule has 1 rings (SSSR count). The van der Waals surface area contributed by atoms with Gasteiger partial charge >= 0.3 is 5.97 Å². The normalized spacial score (nSPS) is 10.9. The third kappa shape index (κ3) is 4.82. The first-order valence-corrected chi connectivity index (χ1v) is 7.97. The lowest BCUT2D eigenvalue weighted by molar-refractivity contribution is 0.0525. The molecule has 130 valence electrons. The summed E-state index contributed by atoms with van der Waals surface area (Å²) in [6.45, 7) is 11.4. The van der Waals surface area contributed by atoms with Gasteiger partial charge in [0.05, 0.1) is 18.8 Å². The molecule has 6 heteroatoms. The number of H-pyrrole nitrogens is 1. The molecule has 0 radical (unpaired) electrons. The molecule has 23 heavy (non-hydrogen) atoms. The number of rotatable bonds is 8. The van der Waals surface area contributed by atoms with Crippen molar-refractivity contribution in [2.24, 2.45) is 5.92 Å². The van der Waals surface area contributed by atoms with E-state index in [0.717, 1.165) is 0 Å². The van der Waals surface area contributed by atoms with Crippen molar-refractivity contribution in [2.75, 3.05) is 33.4 Å². The zero-order valence-electron chi connectivity index (χ0n) is 15.0. The largest absolute Gasteiger partial charge is 0.462 e. The van der Waals surface area contributed by atoms with E-state index in [4.69, 9.17) is 9.47 Å². The number of methoxy groups -OCH3 is 1. The van der Waals surface area contributed by atoms with E-state index >= 15 is 0 Å². The topological polar surface area (TPSA) is 71.6 Å². The van der Waals surface area contributed by atoms with Gasteiger partial charge in [-0.25, -0.2) is 4.79 Å². The minimum Gasteiger partial charge on any atom is -0.462 e. The van der Waals surface area contributed by atoms with Gasteiger partial charge in [0.15, 0.2) is 0 Å². The van der Waals surface area contributed by atoms with Gasteiger partial charge in [-0.15, -0.1) is 0 Å². The van der Waals surface area contributed by atoms with Gasteiger partial charge in [-0.05, 0) is 32.3 Å². The lowest BCUT2D eigenvalue weighted by atomic mass is 10.1. The van der Waals surface area contributed by atoms with Crippen LogP contribution in [0.4, 0.5) is 0 Å².